The summed E-state index contributed by atoms with van der Waals surface area (Å²) in [6.07, 6.45) is 9.20. The molecule has 1 aliphatic rings. The van der Waals surface area contributed by atoms with Gasteiger partial charge in [-0.2, -0.15) is 4.98 Å². The molecular weight excluding hydrogens is 474 g/mol. The van der Waals surface area contributed by atoms with E-state index in [1.54, 1.807) is 11.8 Å². The van der Waals surface area contributed by atoms with Crippen LogP contribution >= 0.6 is 27.7 Å². The van der Waals surface area contributed by atoms with E-state index in [1.807, 2.05) is 55.7 Å². The van der Waals surface area contributed by atoms with Gasteiger partial charge in [0.25, 0.3) is 0 Å². The molecule has 0 bridgehead atoms. The summed E-state index contributed by atoms with van der Waals surface area (Å²) in [5.41, 5.74) is 4.43. The molecule has 0 saturated carbocycles. The third-order valence-electron chi connectivity index (χ3n) is 4.75. The number of ether oxygens (including phenoxy) is 1. The Balaban J connectivity index is 1.60. The number of halogens is 1. The third-order valence-corrected chi connectivity index (χ3v) is 6.11. The van der Waals surface area contributed by atoms with Crippen molar-refractivity contribution in [3.05, 3.63) is 78.2 Å². The minimum Gasteiger partial charge on any atom is -0.469 e. The Morgan fingerprint density at radius 2 is 2.10 bits per heavy atom. The largest absolute Gasteiger partial charge is 0.469 e. The Labute approximate surface area is 194 Å². The van der Waals surface area contributed by atoms with Gasteiger partial charge in [0.05, 0.1) is 5.56 Å². The van der Waals surface area contributed by atoms with Gasteiger partial charge < -0.3 is 9.26 Å². The maximum atomic E-state index is 6.10. The monoisotopic (exact) mass is 495 g/mol. The molecule has 0 saturated heterocycles. The highest BCUT2D eigenvalue weighted by Crippen LogP contribution is 2.34. The number of alkyl halides is 1. The first-order valence-corrected chi connectivity index (χ1v) is 12.0. The molecule has 1 aliphatic carbocycles. The topological polar surface area (TPSA) is 61.0 Å². The molecule has 5 nitrogen and oxygen atoms in total. The van der Waals surface area contributed by atoms with Crippen LogP contribution in [0.25, 0.3) is 22.5 Å². The Hall–Kier alpha value is -2.64. The van der Waals surface area contributed by atoms with Crippen molar-refractivity contribution in [2.75, 3.05) is 6.26 Å². The third kappa shape index (κ3) is 4.99. The highest BCUT2D eigenvalue weighted by molar-refractivity contribution is 9.09. The van der Waals surface area contributed by atoms with Gasteiger partial charge in [-0.1, -0.05) is 76.2 Å². The summed E-state index contributed by atoms with van der Waals surface area (Å²) in [5, 5.41) is 5.02. The standard InChI is InChI=1S/C24H22BrN3O2S/c1-15(2)21-23(26-22(27-24(21)31-3)17-7-5-4-6-8-17)29-14-19-13-20(28-30-19)16-9-11-18(25)12-10-16/h4-11,13,18H,1,12,14H2,2-3H3. The van der Waals surface area contributed by atoms with Crippen LogP contribution in [0.5, 0.6) is 5.88 Å². The summed E-state index contributed by atoms with van der Waals surface area (Å²) >= 11 is 5.13. The van der Waals surface area contributed by atoms with Crippen molar-refractivity contribution in [2.24, 2.45) is 0 Å². The molecular formula is C24H22BrN3O2S. The number of hydrogen-bond donors (Lipinski definition) is 0. The predicted octanol–water partition coefficient (Wildman–Crippen LogP) is 6.57. The van der Waals surface area contributed by atoms with Crippen molar-refractivity contribution >= 4 is 38.8 Å². The van der Waals surface area contributed by atoms with Crippen molar-refractivity contribution in [3.8, 4) is 17.3 Å². The number of rotatable bonds is 7. The lowest BCUT2D eigenvalue weighted by atomic mass is 10.0. The number of hydrogen-bond acceptors (Lipinski definition) is 6. The van der Waals surface area contributed by atoms with E-state index in [4.69, 9.17) is 19.2 Å². The van der Waals surface area contributed by atoms with Crippen molar-refractivity contribution in [1.82, 2.24) is 15.1 Å². The average molecular weight is 496 g/mol. The SMILES string of the molecule is C=C(C)c1c(OCc2cc(C3=CCC(Br)C=C3)no2)nc(-c2ccccc2)nc1SC. The summed E-state index contributed by atoms with van der Waals surface area (Å²) in [4.78, 5) is 9.79. The van der Waals surface area contributed by atoms with E-state index in [0.717, 1.165) is 39.4 Å². The smallest absolute Gasteiger partial charge is 0.226 e. The minimum absolute atomic E-state index is 0.213. The van der Waals surface area contributed by atoms with Crippen molar-refractivity contribution in [2.45, 2.75) is 29.8 Å². The van der Waals surface area contributed by atoms with Crippen LogP contribution in [-0.4, -0.2) is 26.2 Å². The van der Waals surface area contributed by atoms with Gasteiger partial charge in [0.1, 0.15) is 10.7 Å². The normalized spacial score (nSPS) is 15.6. The molecule has 1 atom stereocenters. The lowest BCUT2D eigenvalue weighted by molar-refractivity contribution is 0.240. The molecule has 2 heterocycles. The van der Waals surface area contributed by atoms with Gasteiger partial charge >= 0.3 is 0 Å². The molecule has 0 amide bonds. The van der Waals surface area contributed by atoms with Crippen LogP contribution in [0.2, 0.25) is 0 Å². The number of allylic oxidation sites excluding steroid dienone is 5. The first-order chi connectivity index (χ1) is 15.0. The molecule has 0 fully saturated rings. The van der Waals surface area contributed by atoms with Gasteiger partial charge in [-0.3, -0.25) is 0 Å². The van der Waals surface area contributed by atoms with Crippen LogP contribution < -0.4 is 4.74 Å². The second-order valence-corrected chi connectivity index (χ2v) is 9.09. The Morgan fingerprint density at radius 1 is 1.29 bits per heavy atom. The zero-order valence-corrected chi connectivity index (χ0v) is 19.7. The number of benzene rings is 1. The van der Waals surface area contributed by atoms with E-state index in [-0.39, 0.29) is 6.61 Å². The highest BCUT2D eigenvalue weighted by atomic mass is 79.9. The minimum atomic E-state index is 0.213. The molecule has 2 aromatic heterocycles. The molecule has 0 N–H and O–H groups in total. The first kappa shape index (κ1) is 21.6. The molecule has 3 aromatic rings. The molecule has 1 aromatic carbocycles. The molecule has 7 heteroatoms. The van der Waals surface area contributed by atoms with Gasteiger partial charge in [0.2, 0.25) is 5.88 Å². The molecule has 31 heavy (non-hydrogen) atoms. The molecule has 0 aliphatic heterocycles. The van der Waals surface area contributed by atoms with Gasteiger partial charge in [-0.15, -0.1) is 11.8 Å². The Bertz CT molecular complexity index is 1150. The van der Waals surface area contributed by atoms with Gasteiger partial charge in [0, 0.05) is 16.5 Å². The van der Waals surface area contributed by atoms with E-state index < -0.39 is 0 Å². The van der Waals surface area contributed by atoms with E-state index in [1.165, 1.54) is 0 Å². The van der Waals surface area contributed by atoms with Crippen molar-refractivity contribution < 1.29 is 9.26 Å². The highest BCUT2D eigenvalue weighted by Gasteiger charge is 2.18. The molecule has 158 valence electrons. The van der Waals surface area contributed by atoms with Crippen molar-refractivity contribution in [3.63, 3.8) is 0 Å². The second-order valence-electron chi connectivity index (χ2n) is 7.12. The van der Waals surface area contributed by atoms with Gasteiger partial charge in [0.15, 0.2) is 18.2 Å². The van der Waals surface area contributed by atoms with Crippen LogP contribution in [0.1, 0.15) is 30.4 Å². The van der Waals surface area contributed by atoms with Gasteiger partial charge in [-0.05, 0) is 30.7 Å². The molecule has 0 radical (unpaired) electrons. The predicted molar refractivity (Wildman–Crippen MR) is 129 cm³/mol. The van der Waals surface area contributed by atoms with E-state index in [2.05, 4.69) is 39.8 Å². The fourth-order valence-corrected chi connectivity index (χ4v) is 4.18. The second kappa shape index (κ2) is 9.66. The maximum Gasteiger partial charge on any atom is 0.226 e. The number of aromatic nitrogens is 3. The maximum absolute atomic E-state index is 6.10. The fourth-order valence-electron chi connectivity index (χ4n) is 3.19. The molecule has 0 spiro atoms. The zero-order valence-electron chi connectivity index (χ0n) is 17.3. The Kier molecular flexibility index (Phi) is 6.73. The zero-order chi connectivity index (χ0) is 21.8. The van der Waals surface area contributed by atoms with Gasteiger partial charge in [-0.25, -0.2) is 4.98 Å². The van der Waals surface area contributed by atoms with Crippen molar-refractivity contribution in [1.29, 1.82) is 0 Å². The average Bonchev–Trinajstić information content (AvgIpc) is 3.27. The lowest BCUT2D eigenvalue weighted by Gasteiger charge is -2.14. The Morgan fingerprint density at radius 3 is 2.77 bits per heavy atom. The van der Waals surface area contributed by atoms with Crippen LogP contribution in [0, 0.1) is 0 Å². The first-order valence-electron chi connectivity index (χ1n) is 9.83. The summed E-state index contributed by atoms with van der Waals surface area (Å²) in [6, 6.07) is 11.8. The fraction of sp³-hybridized carbons (Fsp3) is 0.208. The molecule has 4 rings (SSSR count). The van der Waals surface area contributed by atoms with Crippen LogP contribution in [0.4, 0.5) is 0 Å². The van der Waals surface area contributed by atoms with E-state index >= 15 is 0 Å². The summed E-state index contributed by atoms with van der Waals surface area (Å²) < 4.78 is 11.6. The van der Waals surface area contributed by atoms with Crippen LogP contribution in [-0.2, 0) is 6.61 Å². The van der Waals surface area contributed by atoms with Crippen LogP contribution in [0.3, 0.4) is 0 Å². The van der Waals surface area contributed by atoms with E-state index in [9.17, 15) is 0 Å². The lowest BCUT2D eigenvalue weighted by Crippen LogP contribution is -2.04. The summed E-state index contributed by atoms with van der Waals surface area (Å²) in [5.74, 6) is 1.73. The number of nitrogens with zero attached hydrogens (tertiary/aromatic N) is 3. The number of thioether (sulfide) groups is 1. The van der Waals surface area contributed by atoms with Crippen LogP contribution in [0.15, 0.2) is 70.8 Å². The quantitative estimate of drug-likeness (QED) is 0.209. The summed E-state index contributed by atoms with van der Waals surface area (Å²) in [6.45, 7) is 6.24. The molecule has 1 unspecified atom stereocenters. The van der Waals surface area contributed by atoms with E-state index in [0.29, 0.717) is 22.3 Å². The summed E-state index contributed by atoms with van der Waals surface area (Å²) in [7, 11) is 0.